The molecule has 0 saturated carbocycles. The molecule has 0 amide bonds. The number of hydrogen-bond donors (Lipinski definition) is 0. The van der Waals surface area contributed by atoms with E-state index in [2.05, 4.69) is 62.4 Å². The average molecular weight is 469 g/mol. The molecule has 2 aromatic rings. The summed E-state index contributed by atoms with van der Waals surface area (Å²) in [6, 6.07) is 18.1. The van der Waals surface area contributed by atoms with Gasteiger partial charge in [0.05, 0.1) is 0 Å². The van der Waals surface area contributed by atoms with Crippen molar-refractivity contribution in [2.45, 2.75) is 114 Å². The zero-order valence-electron chi connectivity index (χ0n) is 19.2. The SMILES string of the molecule is CCCCCCCCc1ccccc1Sc1ccccc1CCCCCCCC.[Ni+2]. The third kappa shape index (κ3) is 11.1. The molecule has 0 bridgehead atoms. The van der Waals surface area contributed by atoms with E-state index in [0.717, 1.165) is 0 Å². The summed E-state index contributed by atoms with van der Waals surface area (Å²) in [5, 5.41) is 0. The van der Waals surface area contributed by atoms with Crippen LogP contribution in [0.4, 0.5) is 0 Å². The van der Waals surface area contributed by atoms with Crippen molar-refractivity contribution in [3.8, 4) is 0 Å². The molecule has 0 nitrogen and oxygen atoms in total. The second-order valence-corrected chi connectivity index (χ2v) is 9.44. The van der Waals surface area contributed by atoms with Gasteiger partial charge in [0.1, 0.15) is 0 Å². The van der Waals surface area contributed by atoms with Crippen LogP contribution in [0.1, 0.15) is 102 Å². The largest absolute Gasteiger partial charge is 2.00 e. The van der Waals surface area contributed by atoms with Gasteiger partial charge in [-0.25, -0.2) is 0 Å². The number of rotatable bonds is 16. The summed E-state index contributed by atoms with van der Waals surface area (Å²) in [6.07, 6.45) is 18.8. The first-order valence-corrected chi connectivity index (χ1v) is 13.0. The maximum atomic E-state index is 2.34. The third-order valence-corrected chi connectivity index (χ3v) is 7.00. The first kappa shape index (κ1) is 27.3. The Hall–Kier alpha value is -0.716. The minimum Gasteiger partial charge on any atom is -0.0895 e. The van der Waals surface area contributed by atoms with E-state index in [4.69, 9.17) is 0 Å². The van der Waals surface area contributed by atoms with Crippen LogP contribution in [0, 0.1) is 0 Å². The molecule has 2 rings (SSSR count). The first-order valence-electron chi connectivity index (χ1n) is 12.2. The quantitative estimate of drug-likeness (QED) is 0.174. The van der Waals surface area contributed by atoms with Crippen LogP contribution >= 0.6 is 11.8 Å². The molecule has 0 unspecified atom stereocenters. The van der Waals surface area contributed by atoms with Gasteiger partial charge in [-0.1, -0.05) is 126 Å². The summed E-state index contributed by atoms with van der Waals surface area (Å²) in [6.45, 7) is 4.58. The van der Waals surface area contributed by atoms with Gasteiger partial charge in [-0.2, -0.15) is 0 Å². The van der Waals surface area contributed by atoms with E-state index in [1.165, 1.54) is 111 Å². The fourth-order valence-electron chi connectivity index (χ4n) is 3.93. The van der Waals surface area contributed by atoms with Crippen LogP contribution < -0.4 is 0 Å². The molecule has 0 aliphatic heterocycles. The van der Waals surface area contributed by atoms with Crippen molar-refractivity contribution in [2.24, 2.45) is 0 Å². The molecule has 0 saturated heterocycles. The molecule has 30 heavy (non-hydrogen) atoms. The van der Waals surface area contributed by atoms with E-state index in [-0.39, 0.29) is 16.5 Å². The van der Waals surface area contributed by atoms with Crippen molar-refractivity contribution in [3.05, 3.63) is 59.7 Å². The molecule has 168 valence electrons. The van der Waals surface area contributed by atoms with Crippen molar-refractivity contribution >= 4 is 11.8 Å². The van der Waals surface area contributed by atoms with E-state index in [1.54, 1.807) is 0 Å². The molecule has 0 aliphatic rings. The van der Waals surface area contributed by atoms with Crippen LogP contribution in [-0.4, -0.2) is 0 Å². The summed E-state index contributed by atoms with van der Waals surface area (Å²) < 4.78 is 0. The van der Waals surface area contributed by atoms with Crippen LogP contribution in [0.15, 0.2) is 58.3 Å². The summed E-state index contributed by atoms with van der Waals surface area (Å²) in [4.78, 5) is 2.91. The molecule has 0 aliphatic carbocycles. The van der Waals surface area contributed by atoms with Crippen LogP contribution in [0.3, 0.4) is 0 Å². The van der Waals surface area contributed by atoms with Gasteiger partial charge in [-0.05, 0) is 48.9 Å². The Morgan fingerprint density at radius 3 is 1.30 bits per heavy atom. The van der Waals surface area contributed by atoms with Gasteiger partial charge < -0.3 is 0 Å². The number of unbranched alkanes of at least 4 members (excludes halogenated alkanes) is 10. The molecular formula is C28H42NiS+2. The topological polar surface area (TPSA) is 0 Å². The van der Waals surface area contributed by atoms with Gasteiger partial charge in [0.2, 0.25) is 0 Å². The third-order valence-electron chi connectivity index (χ3n) is 5.76. The number of aryl methyl sites for hydroxylation is 2. The minimum atomic E-state index is 0. The van der Waals surface area contributed by atoms with Crippen LogP contribution in [-0.2, 0) is 29.3 Å². The average Bonchev–Trinajstić information content (AvgIpc) is 2.75. The molecule has 0 radical (unpaired) electrons. The van der Waals surface area contributed by atoms with Crippen LogP contribution in [0.5, 0.6) is 0 Å². The maximum absolute atomic E-state index is 2.34. The predicted molar refractivity (Wildman–Crippen MR) is 131 cm³/mol. The molecule has 0 aromatic heterocycles. The molecule has 0 atom stereocenters. The van der Waals surface area contributed by atoms with Gasteiger partial charge in [-0.3, -0.25) is 0 Å². The van der Waals surface area contributed by atoms with Crippen molar-refractivity contribution in [1.82, 2.24) is 0 Å². The fraction of sp³-hybridized carbons (Fsp3) is 0.571. The Labute approximate surface area is 200 Å². The predicted octanol–water partition coefficient (Wildman–Crippen LogP) is 9.64. The second kappa shape index (κ2) is 17.9. The van der Waals surface area contributed by atoms with E-state index < -0.39 is 0 Å². The standard InChI is InChI=1S/C28H42S.Ni/c1-3-5-7-9-11-13-19-25-21-15-17-23-27(25)29-28-24-18-16-22-26(28)20-14-12-10-8-6-4-2;/h15-18,21-24H,3-14,19-20H2,1-2H3;/q;+2. The van der Waals surface area contributed by atoms with Gasteiger partial charge in [0.25, 0.3) is 0 Å². The van der Waals surface area contributed by atoms with Crippen LogP contribution in [0.2, 0.25) is 0 Å². The summed E-state index contributed by atoms with van der Waals surface area (Å²) in [5.74, 6) is 0. The number of benzene rings is 2. The molecule has 0 heterocycles. The van der Waals surface area contributed by atoms with E-state index in [1.807, 2.05) is 11.8 Å². The minimum absolute atomic E-state index is 0. The Balaban J connectivity index is 0.00000450. The fourth-order valence-corrected chi connectivity index (χ4v) is 5.06. The first-order chi connectivity index (χ1) is 14.3. The zero-order chi connectivity index (χ0) is 20.6. The Morgan fingerprint density at radius 2 is 0.867 bits per heavy atom. The van der Waals surface area contributed by atoms with Crippen LogP contribution in [0.25, 0.3) is 0 Å². The number of hydrogen-bond acceptors (Lipinski definition) is 1. The van der Waals surface area contributed by atoms with Gasteiger partial charge >= 0.3 is 16.5 Å². The maximum Gasteiger partial charge on any atom is 2.00 e. The van der Waals surface area contributed by atoms with Gasteiger partial charge in [0, 0.05) is 9.79 Å². The Kier molecular flexibility index (Phi) is 16.3. The molecule has 0 N–H and O–H groups in total. The van der Waals surface area contributed by atoms with E-state index >= 15 is 0 Å². The van der Waals surface area contributed by atoms with Crippen molar-refractivity contribution in [3.63, 3.8) is 0 Å². The Bertz CT molecular complexity index is 610. The molecule has 0 fully saturated rings. The van der Waals surface area contributed by atoms with Crippen molar-refractivity contribution in [2.75, 3.05) is 0 Å². The smallest absolute Gasteiger partial charge is 0.0895 e. The van der Waals surface area contributed by atoms with E-state index in [9.17, 15) is 0 Å². The summed E-state index contributed by atoms with van der Waals surface area (Å²) in [7, 11) is 0. The van der Waals surface area contributed by atoms with Crippen molar-refractivity contribution < 1.29 is 16.5 Å². The summed E-state index contributed by atoms with van der Waals surface area (Å²) >= 11 is 1.98. The Morgan fingerprint density at radius 1 is 0.500 bits per heavy atom. The molecular weight excluding hydrogens is 427 g/mol. The molecule has 0 spiro atoms. The van der Waals surface area contributed by atoms with Gasteiger partial charge in [-0.15, -0.1) is 0 Å². The van der Waals surface area contributed by atoms with Gasteiger partial charge in [0.15, 0.2) is 0 Å². The second-order valence-electron chi connectivity index (χ2n) is 8.35. The van der Waals surface area contributed by atoms with E-state index in [0.29, 0.717) is 0 Å². The normalized spacial score (nSPS) is 10.7. The molecule has 2 aromatic carbocycles. The zero-order valence-corrected chi connectivity index (χ0v) is 21.0. The van der Waals surface area contributed by atoms with Crippen molar-refractivity contribution in [1.29, 1.82) is 0 Å². The molecule has 2 heteroatoms. The monoisotopic (exact) mass is 468 g/mol. The summed E-state index contributed by atoms with van der Waals surface area (Å²) in [5.41, 5.74) is 3.06.